The first kappa shape index (κ1) is 16.6. The normalized spacial score (nSPS) is 17.0. The average Bonchev–Trinajstić information content (AvgIpc) is 3.19. The van der Waals surface area contributed by atoms with Crippen LogP contribution in [0.2, 0.25) is 0 Å². The van der Waals surface area contributed by atoms with Crippen LogP contribution in [0, 0.1) is 0 Å². The van der Waals surface area contributed by atoms with Gasteiger partial charge in [0.2, 0.25) is 0 Å². The fourth-order valence-electron chi connectivity index (χ4n) is 3.65. The molecular formula is C21H21NO4. The largest absolute Gasteiger partial charge is 0.457 e. The molecule has 0 aromatic heterocycles. The Morgan fingerprint density at radius 3 is 2.12 bits per heavy atom. The van der Waals surface area contributed by atoms with Gasteiger partial charge in [0, 0.05) is 24.2 Å². The number of carbonyl (C=O) groups is 2. The molecule has 2 aliphatic heterocycles. The fourth-order valence-corrected chi connectivity index (χ4v) is 3.65. The van der Waals surface area contributed by atoms with Crippen molar-refractivity contribution in [2.45, 2.75) is 31.8 Å². The summed E-state index contributed by atoms with van der Waals surface area (Å²) in [4.78, 5) is 27.3. The highest BCUT2D eigenvalue weighted by molar-refractivity contribution is 5.89. The number of likely N-dealkylation sites (tertiary alicyclic amines) is 1. The summed E-state index contributed by atoms with van der Waals surface area (Å²) in [5.74, 6) is 0.154. The van der Waals surface area contributed by atoms with E-state index in [-0.39, 0.29) is 5.91 Å². The maximum atomic E-state index is 13.0. The Balaban J connectivity index is 1.60. The van der Waals surface area contributed by atoms with Gasteiger partial charge in [-0.05, 0) is 31.9 Å². The van der Waals surface area contributed by atoms with Crippen molar-refractivity contribution in [2.75, 3.05) is 13.1 Å². The molecule has 0 saturated carbocycles. The zero-order valence-electron chi connectivity index (χ0n) is 14.7. The lowest BCUT2D eigenvalue weighted by molar-refractivity contribution is -0.159. The molecule has 1 saturated heterocycles. The topological polar surface area (TPSA) is 55.8 Å². The van der Waals surface area contributed by atoms with E-state index in [9.17, 15) is 9.59 Å². The molecular weight excluding hydrogens is 330 g/mol. The molecule has 0 spiro atoms. The maximum absolute atomic E-state index is 13.0. The number of carbonyl (C=O) groups excluding carboxylic acids is 2. The van der Waals surface area contributed by atoms with E-state index in [1.807, 2.05) is 48.5 Å². The van der Waals surface area contributed by atoms with Crippen molar-refractivity contribution in [1.29, 1.82) is 0 Å². The van der Waals surface area contributed by atoms with E-state index in [4.69, 9.17) is 9.47 Å². The lowest BCUT2D eigenvalue weighted by Crippen LogP contribution is -2.39. The van der Waals surface area contributed by atoms with Crippen molar-refractivity contribution in [1.82, 2.24) is 4.90 Å². The van der Waals surface area contributed by atoms with Gasteiger partial charge in [-0.25, -0.2) is 0 Å². The van der Waals surface area contributed by atoms with E-state index in [1.54, 1.807) is 11.8 Å². The van der Waals surface area contributed by atoms with E-state index in [2.05, 4.69) is 0 Å². The van der Waals surface area contributed by atoms with Crippen LogP contribution >= 0.6 is 0 Å². The van der Waals surface area contributed by atoms with Crippen LogP contribution in [-0.2, 0) is 14.3 Å². The monoisotopic (exact) mass is 351 g/mol. The molecule has 26 heavy (non-hydrogen) atoms. The van der Waals surface area contributed by atoms with Crippen molar-refractivity contribution < 1.29 is 19.1 Å². The third-order valence-corrected chi connectivity index (χ3v) is 4.97. The van der Waals surface area contributed by atoms with E-state index >= 15 is 0 Å². The molecule has 5 nitrogen and oxygen atoms in total. The summed E-state index contributed by atoms with van der Waals surface area (Å²) in [6, 6.07) is 14.9. The van der Waals surface area contributed by atoms with Crippen molar-refractivity contribution >= 4 is 11.9 Å². The lowest BCUT2D eigenvalue weighted by Gasteiger charge is -2.28. The molecule has 1 unspecified atom stereocenters. The second-order valence-corrected chi connectivity index (χ2v) is 6.72. The number of fused-ring (bicyclic) bond motifs is 2. The minimum Gasteiger partial charge on any atom is -0.457 e. The molecule has 134 valence electrons. The Morgan fingerprint density at radius 1 is 1.00 bits per heavy atom. The van der Waals surface area contributed by atoms with E-state index in [0.29, 0.717) is 11.5 Å². The number of hydrogen-bond acceptors (Lipinski definition) is 4. The van der Waals surface area contributed by atoms with Gasteiger partial charge in [0.1, 0.15) is 17.4 Å². The minimum absolute atomic E-state index is 0.121. The van der Waals surface area contributed by atoms with Gasteiger partial charge in [-0.2, -0.15) is 0 Å². The highest BCUT2D eigenvalue weighted by Gasteiger charge is 2.36. The smallest absolute Gasteiger partial charge is 0.318 e. The Labute approximate surface area is 152 Å². The second-order valence-electron chi connectivity index (χ2n) is 6.72. The first-order chi connectivity index (χ1) is 12.6. The molecule has 0 radical (unpaired) electrons. The van der Waals surface area contributed by atoms with Gasteiger partial charge in [0.15, 0.2) is 6.10 Å². The third-order valence-electron chi connectivity index (χ3n) is 4.97. The summed E-state index contributed by atoms with van der Waals surface area (Å²) < 4.78 is 11.5. The molecule has 2 aromatic carbocycles. The van der Waals surface area contributed by atoms with Gasteiger partial charge in [-0.3, -0.25) is 9.59 Å². The zero-order chi connectivity index (χ0) is 18.1. The number of ether oxygens (including phenoxy) is 2. The molecule has 0 aliphatic carbocycles. The van der Waals surface area contributed by atoms with Crippen LogP contribution in [0.1, 0.15) is 36.8 Å². The summed E-state index contributed by atoms with van der Waals surface area (Å²) in [6.45, 7) is 3.13. The van der Waals surface area contributed by atoms with E-state index < -0.39 is 18.0 Å². The van der Waals surface area contributed by atoms with Crippen molar-refractivity contribution in [3.05, 3.63) is 59.7 Å². The third kappa shape index (κ3) is 2.94. The number of nitrogens with zero attached hydrogens (tertiary/aromatic N) is 1. The standard InChI is InChI=1S/C21H21NO4/c1-14(20(23)22-12-6-7-13-22)25-21(24)19-15-8-2-4-10-17(15)26-18-11-5-3-9-16(18)19/h2-5,8-11,14,19H,6-7,12-13H2,1H3. The highest BCUT2D eigenvalue weighted by atomic mass is 16.5. The van der Waals surface area contributed by atoms with Crippen LogP contribution in [0.5, 0.6) is 11.5 Å². The van der Waals surface area contributed by atoms with Crippen LogP contribution in [0.4, 0.5) is 0 Å². The quantitative estimate of drug-likeness (QED) is 0.795. The highest BCUT2D eigenvalue weighted by Crippen LogP contribution is 2.44. The molecule has 2 heterocycles. The van der Waals surface area contributed by atoms with Crippen LogP contribution < -0.4 is 4.74 Å². The van der Waals surface area contributed by atoms with Crippen LogP contribution in [-0.4, -0.2) is 36.0 Å². The molecule has 0 bridgehead atoms. The summed E-state index contributed by atoms with van der Waals surface area (Å²) in [5.41, 5.74) is 1.52. The van der Waals surface area contributed by atoms with Gasteiger partial charge < -0.3 is 14.4 Å². The number of hydrogen-bond donors (Lipinski definition) is 0. The molecule has 1 amide bonds. The van der Waals surface area contributed by atoms with Gasteiger partial charge >= 0.3 is 5.97 Å². The van der Waals surface area contributed by atoms with Gasteiger partial charge in [0.05, 0.1) is 0 Å². The number of esters is 1. The predicted octanol–water partition coefficient (Wildman–Crippen LogP) is 3.48. The lowest BCUT2D eigenvalue weighted by atomic mass is 9.88. The molecule has 4 rings (SSSR count). The number of benzene rings is 2. The van der Waals surface area contributed by atoms with E-state index in [0.717, 1.165) is 37.1 Å². The number of para-hydroxylation sites is 2. The van der Waals surface area contributed by atoms with Gasteiger partial charge in [-0.15, -0.1) is 0 Å². The first-order valence-electron chi connectivity index (χ1n) is 9.00. The predicted molar refractivity (Wildman–Crippen MR) is 96.2 cm³/mol. The molecule has 2 aliphatic rings. The Bertz CT molecular complexity index is 796. The van der Waals surface area contributed by atoms with Crippen molar-refractivity contribution in [2.24, 2.45) is 0 Å². The number of rotatable bonds is 3. The minimum atomic E-state index is -0.789. The summed E-state index contributed by atoms with van der Waals surface area (Å²) in [7, 11) is 0. The fraction of sp³-hybridized carbons (Fsp3) is 0.333. The van der Waals surface area contributed by atoms with Gasteiger partial charge in [-0.1, -0.05) is 36.4 Å². The van der Waals surface area contributed by atoms with E-state index in [1.165, 1.54) is 0 Å². The SMILES string of the molecule is CC(OC(=O)C1c2ccccc2Oc2ccccc21)C(=O)N1CCCC1. The molecule has 1 atom stereocenters. The average molecular weight is 351 g/mol. The summed E-state index contributed by atoms with van der Waals surface area (Å²) in [6.07, 6.45) is 1.23. The molecule has 0 N–H and O–H groups in total. The maximum Gasteiger partial charge on any atom is 0.318 e. The summed E-state index contributed by atoms with van der Waals surface area (Å²) in [5, 5.41) is 0. The van der Waals surface area contributed by atoms with Crippen molar-refractivity contribution in [3.8, 4) is 11.5 Å². The Morgan fingerprint density at radius 2 is 1.54 bits per heavy atom. The second kappa shape index (κ2) is 6.83. The molecule has 5 heteroatoms. The summed E-state index contributed by atoms with van der Waals surface area (Å²) >= 11 is 0. The van der Waals surface area contributed by atoms with Crippen LogP contribution in [0.25, 0.3) is 0 Å². The van der Waals surface area contributed by atoms with Crippen molar-refractivity contribution in [3.63, 3.8) is 0 Å². The van der Waals surface area contributed by atoms with Gasteiger partial charge in [0.25, 0.3) is 5.91 Å². The molecule has 2 aromatic rings. The molecule has 1 fully saturated rings. The Hall–Kier alpha value is -2.82. The van der Waals surface area contributed by atoms with Crippen LogP contribution in [0.15, 0.2) is 48.5 Å². The first-order valence-corrected chi connectivity index (χ1v) is 9.00. The Kier molecular flexibility index (Phi) is 4.37. The zero-order valence-corrected chi connectivity index (χ0v) is 14.7. The van der Waals surface area contributed by atoms with Crippen LogP contribution in [0.3, 0.4) is 0 Å². The number of amides is 1.